The van der Waals surface area contributed by atoms with E-state index in [0.29, 0.717) is 0 Å². The van der Waals surface area contributed by atoms with Gasteiger partial charge in [0, 0.05) is 5.88 Å². The number of hydrogen-bond donors (Lipinski definition) is 0. The summed E-state index contributed by atoms with van der Waals surface area (Å²) in [4.78, 5) is 0. The minimum absolute atomic E-state index is 0.759. The van der Waals surface area contributed by atoms with Gasteiger partial charge in [-0.2, -0.15) is 0 Å². The molecular formula is C12H17Cl. The molecule has 0 aliphatic heterocycles. The first-order valence-corrected chi connectivity index (χ1v) is 5.45. The molecule has 0 amide bonds. The molecule has 0 fully saturated rings. The molecule has 0 unspecified atom stereocenters. The van der Waals surface area contributed by atoms with Crippen molar-refractivity contribution in [2.45, 2.75) is 33.1 Å². The van der Waals surface area contributed by atoms with E-state index in [9.17, 15) is 0 Å². The van der Waals surface area contributed by atoms with Crippen LogP contribution in [-0.4, -0.2) is 5.88 Å². The lowest BCUT2D eigenvalue weighted by molar-refractivity contribution is 0.923. The van der Waals surface area contributed by atoms with Gasteiger partial charge in [-0.25, -0.2) is 0 Å². The van der Waals surface area contributed by atoms with Crippen LogP contribution in [-0.2, 0) is 12.8 Å². The van der Waals surface area contributed by atoms with E-state index in [0.717, 1.165) is 25.1 Å². The summed E-state index contributed by atoms with van der Waals surface area (Å²) in [6, 6.07) is 6.74. The van der Waals surface area contributed by atoms with Gasteiger partial charge < -0.3 is 0 Å². The summed E-state index contributed by atoms with van der Waals surface area (Å²) in [5.74, 6) is 0.759. The lowest BCUT2D eigenvalue weighted by Crippen LogP contribution is -1.91. The van der Waals surface area contributed by atoms with Crippen LogP contribution in [0.15, 0.2) is 18.2 Å². The van der Waals surface area contributed by atoms with Crippen molar-refractivity contribution in [2.75, 3.05) is 5.88 Å². The van der Waals surface area contributed by atoms with E-state index in [1.165, 1.54) is 16.7 Å². The molecule has 1 rings (SSSR count). The van der Waals surface area contributed by atoms with Crippen LogP contribution >= 0.6 is 11.6 Å². The zero-order valence-electron chi connectivity index (χ0n) is 8.44. The third-order valence-electron chi connectivity index (χ3n) is 2.39. The van der Waals surface area contributed by atoms with Crippen molar-refractivity contribution in [3.8, 4) is 0 Å². The van der Waals surface area contributed by atoms with Gasteiger partial charge in [0.15, 0.2) is 0 Å². The largest absolute Gasteiger partial charge is 0.127 e. The second-order valence-electron chi connectivity index (χ2n) is 3.41. The van der Waals surface area contributed by atoms with E-state index < -0.39 is 0 Å². The normalized spacial score (nSPS) is 10.4. The van der Waals surface area contributed by atoms with Gasteiger partial charge in [0.05, 0.1) is 0 Å². The summed E-state index contributed by atoms with van der Waals surface area (Å²) < 4.78 is 0. The Morgan fingerprint density at radius 3 is 2.62 bits per heavy atom. The molecule has 13 heavy (non-hydrogen) atoms. The summed E-state index contributed by atoms with van der Waals surface area (Å²) in [5, 5.41) is 0. The minimum Gasteiger partial charge on any atom is -0.127 e. The van der Waals surface area contributed by atoms with Crippen LogP contribution in [0.2, 0.25) is 0 Å². The Bertz CT molecular complexity index is 266. The van der Waals surface area contributed by atoms with E-state index >= 15 is 0 Å². The van der Waals surface area contributed by atoms with Crippen molar-refractivity contribution in [2.24, 2.45) is 0 Å². The van der Waals surface area contributed by atoms with Gasteiger partial charge in [-0.1, -0.05) is 25.1 Å². The molecule has 0 bridgehead atoms. The van der Waals surface area contributed by atoms with Crippen LogP contribution < -0.4 is 0 Å². The molecular weight excluding hydrogens is 180 g/mol. The Kier molecular flexibility index (Phi) is 4.31. The highest BCUT2D eigenvalue weighted by Crippen LogP contribution is 2.13. The minimum atomic E-state index is 0.759. The Morgan fingerprint density at radius 2 is 2.08 bits per heavy atom. The molecule has 1 aromatic carbocycles. The molecule has 72 valence electrons. The predicted molar refractivity (Wildman–Crippen MR) is 59.6 cm³/mol. The molecule has 0 nitrogen and oxygen atoms in total. The molecule has 0 N–H and O–H groups in total. The Hall–Kier alpha value is -0.490. The molecule has 0 aliphatic carbocycles. The highest BCUT2D eigenvalue weighted by Gasteiger charge is 1.97. The molecule has 0 aliphatic rings. The van der Waals surface area contributed by atoms with E-state index in [1.54, 1.807) is 0 Å². The van der Waals surface area contributed by atoms with Gasteiger partial charge in [-0.05, 0) is 42.9 Å². The van der Waals surface area contributed by atoms with E-state index in [4.69, 9.17) is 11.6 Å². The molecule has 0 saturated heterocycles. The smallest absolute Gasteiger partial charge is 0.0226 e. The van der Waals surface area contributed by atoms with Gasteiger partial charge in [0.1, 0.15) is 0 Å². The van der Waals surface area contributed by atoms with Crippen molar-refractivity contribution in [1.82, 2.24) is 0 Å². The second-order valence-corrected chi connectivity index (χ2v) is 3.78. The van der Waals surface area contributed by atoms with Gasteiger partial charge in [0.2, 0.25) is 0 Å². The molecule has 0 aromatic heterocycles. The fourth-order valence-electron chi connectivity index (χ4n) is 1.58. The first kappa shape index (κ1) is 10.6. The molecule has 0 atom stereocenters. The van der Waals surface area contributed by atoms with Gasteiger partial charge in [-0.3, -0.25) is 0 Å². The standard InChI is InChI=1S/C12H17Cl/c1-3-12-7-6-11(5-4-8-13)9-10(12)2/h6-7,9H,3-5,8H2,1-2H3. The van der Waals surface area contributed by atoms with Crippen LogP contribution in [0.1, 0.15) is 30.0 Å². The van der Waals surface area contributed by atoms with Crippen LogP contribution in [0.25, 0.3) is 0 Å². The topological polar surface area (TPSA) is 0 Å². The highest BCUT2D eigenvalue weighted by atomic mass is 35.5. The van der Waals surface area contributed by atoms with Crippen molar-refractivity contribution >= 4 is 11.6 Å². The number of hydrogen-bond acceptors (Lipinski definition) is 0. The van der Waals surface area contributed by atoms with Gasteiger partial charge in [0.25, 0.3) is 0 Å². The summed E-state index contributed by atoms with van der Waals surface area (Å²) in [5.41, 5.74) is 4.28. The highest BCUT2D eigenvalue weighted by molar-refractivity contribution is 6.17. The summed E-state index contributed by atoms with van der Waals surface area (Å²) >= 11 is 5.65. The lowest BCUT2D eigenvalue weighted by Gasteiger charge is -2.05. The molecule has 0 spiro atoms. The van der Waals surface area contributed by atoms with Crippen molar-refractivity contribution < 1.29 is 0 Å². The summed E-state index contributed by atoms with van der Waals surface area (Å²) in [6.45, 7) is 4.38. The zero-order chi connectivity index (χ0) is 9.68. The fourth-order valence-corrected chi connectivity index (χ4v) is 1.71. The van der Waals surface area contributed by atoms with Crippen molar-refractivity contribution in [3.63, 3.8) is 0 Å². The molecule has 1 heteroatoms. The van der Waals surface area contributed by atoms with Crippen LogP contribution in [0, 0.1) is 6.92 Å². The van der Waals surface area contributed by atoms with Crippen LogP contribution in [0.5, 0.6) is 0 Å². The number of aryl methyl sites for hydroxylation is 3. The first-order chi connectivity index (χ1) is 6.27. The number of benzene rings is 1. The van der Waals surface area contributed by atoms with Crippen molar-refractivity contribution in [1.29, 1.82) is 0 Å². The number of rotatable bonds is 4. The summed E-state index contributed by atoms with van der Waals surface area (Å²) in [6.07, 6.45) is 3.31. The SMILES string of the molecule is CCc1ccc(CCCCl)cc1C. The third kappa shape index (κ3) is 3.04. The van der Waals surface area contributed by atoms with Crippen LogP contribution in [0.4, 0.5) is 0 Å². The van der Waals surface area contributed by atoms with E-state index in [2.05, 4.69) is 32.0 Å². The monoisotopic (exact) mass is 196 g/mol. The Morgan fingerprint density at radius 1 is 1.31 bits per heavy atom. The maximum atomic E-state index is 5.65. The lowest BCUT2D eigenvalue weighted by atomic mass is 10.0. The third-order valence-corrected chi connectivity index (χ3v) is 2.65. The quantitative estimate of drug-likeness (QED) is 0.644. The molecule has 0 saturated carbocycles. The van der Waals surface area contributed by atoms with E-state index in [1.807, 2.05) is 0 Å². The average Bonchev–Trinajstić information content (AvgIpc) is 2.15. The van der Waals surface area contributed by atoms with Gasteiger partial charge in [-0.15, -0.1) is 11.6 Å². The second kappa shape index (κ2) is 5.29. The molecule has 0 heterocycles. The maximum Gasteiger partial charge on any atom is 0.0226 e. The van der Waals surface area contributed by atoms with Crippen LogP contribution in [0.3, 0.4) is 0 Å². The first-order valence-electron chi connectivity index (χ1n) is 4.92. The molecule has 0 radical (unpaired) electrons. The molecule has 1 aromatic rings. The number of halogens is 1. The Balaban J connectivity index is 2.71. The average molecular weight is 197 g/mol. The zero-order valence-corrected chi connectivity index (χ0v) is 9.19. The maximum absolute atomic E-state index is 5.65. The Labute approximate surface area is 85.9 Å². The van der Waals surface area contributed by atoms with Crippen molar-refractivity contribution in [3.05, 3.63) is 34.9 Å². The van der Waals surface area contributed by atoms with Gasteiger partial charge >= 0.3 is 0 Å². The number of alkyl halides is 1. The predicted octanol–water partition coefficient (Wildman–Crippen LogP) is 3.73. The summed E-state index contributed by atoms with van der Waals surface area (Å²) in [7, 11) is 0. The fraction of sp³-hybridized carbons (Fsp3) is 0.500. The van der Waals surface area contributed by atoms with E-state index in [-0.39, 0.29) is 0 Å².